The van der Waals surface area contributed by atoms with E-state index < -0.39 is 0 Å². The zero-order chi connectivity index (χ0) is 19.2. The molecular weight excluding hydrogens is 340 g/mol. The van der Waals surface area contributed by atoms with Gasteiger partial charge >= 0.3 is 0 Å². The second-order valence-corrected chi connectivity index (χ2v) is 7.11. The number of carbonyl (C=O) groups is 2. The third kappa shape index (κ3) is 5.33. The van der Waals surface area contributed by atoms with Crippen LogP contribution in [-0.4, -0.2) is 36.4 Å². The highest BCUT2D eigenvalue weighted by molar-refractivity contribution is 5.89. The molecule has 1 saturated heterocycles. The van der Waals surface area contributed by atoms with Crippen molar-refractivity contribution >= 4 is 11.8 Å². The van der Waals surface area contributed by atoms with Gasteiger partial charge in [0.05, 0.1) is 12.5 Å². The normalized spacial score (nSPS) is 16.4. The molecular formula is C22H26N2O3. The van der Waals surface area contributed by atoms with Crippen LogP contribution in [0.3, 0.4) is 0 Å². The molecule has 1 aliphatic heterocycles. The van der Waals surface area contributed by atoms with Gasteiger partial charge in [-0.25, -0.2) is 0 Å². The summed E-state index contributed by atoms with van der Waals surface area (Å²) in [6.45, 7) is 5.91. The fourth-order valence-electron chi connectivity index (χ4n) is 3.14. The van der Waals surface area contributed by atoms with Crippen LogP contribution >= 0.6 is 0 Å². The molecule has 0 saturated carbocycles. The number of aryl methyl sites for hydroxylation is 2. The van der Waals surface area contributed by atoms with E-state index >= 15 is 0 Å². The number of benzene rings is 2. The van der Waals surface area contributed by atoms with Crippen LogP contribution in [0.1, 0.15) is 23.1 Å². The van der Waals surface area contributed by atoms with E-state index in [2.05, 4.69) is 5.32 Å². The number of amides is 2. The van der Waals surface area contributed by atoms with E-state index in [0.717, 1.165) is 11.3 Å². The Morgan fingerprint density at radius 1 is 1.07 bits per heavy atom. The number of carbonyl (C=O) groups excluding carboxylic acids is 2. The molecule has 0 bridgehead atoms. The molecule has 1 heterocycles. The Hall–Kier alpha value is -2.82. The molecule has 1 aliphatic rings. The SMILES string of the molecule is Cc1ccc(CN2CC(C(=O)NCCOc3ccc(C)cc3)CC2=O)cc1. The fraction of sp³-hybridized carbons (Fsp3) is 0.364. The molecule has 1 atom stereocenters. The number of hydrogen-bond acceptors (Lipinski definition) is 3. The topological polar surface area (TPSA) is 58.6 Å². The lowest BCUT2D eigenvalue weighted by Crippen LogP contribution is -2.35. The van der Waals surface area contributed by atoms with Gasteiger partial charge in [-0.1, -0.05) is 47.5 Å². The minimum atomic E-state index is -0.290. The van der Waals surface area contributed by atoms with Gasteiger partial charge in [0.1, 0.15) is 12.4 Å². The standard InChI is InChI=1S/C22H26N2O3/c1-16-3-7-18(8-4-16)14-24-15-19(13-21(24)25)22(26)23-11-12-27-20-9-5-17(2)6-10-20/h3-10,19H,11-15H2,1-2H3,(H,23,26). The van der Waals surface area contributed by atoms with Crippen molar-refractivity contribution in [2.24, 2.45) is 5.92 Å². The van der Waals surface area contributed by atoms with Gasteiger partial charge in [0.15, 0.2) is 0 Å². The number of nitrogens with zero attached hydrogens (tertiary/aromatic N) is 1. The summed E-state index contributed by atoms with van der Waals surface area (Å²) in [4.78, 5) is 26.3. The Morgan fingerprint density at radius 2 is 1.70 bits per heavy atom. The average molecular weight is 366 g/mol. The monoisotopic (exact) mass is 366 g/mol. The van der Waals surface area contributed by atoms with Crippen molar-refractivity contribution in [2.75, 3.05) is 19.7 Å². The zero-order valence-electron chi connectivity index (χ0n) is 15.9. The van der Waals surface area contributed by atoms with E-state index in [1.807, 2.05) is 62.4 Å². The Labute approximate surface area is 160 Å². The molecule has 5 heteroatoms. The van der Waals surface area contributed by atoms with Crippen molar-refractivity contribution in [1.29, 1.82) is 0 Å². The summed E-state index contributed by atoms with van der Waals surface area (Å²) in [6.07, 6.45) is 0.274. The average Bonchev–Trinajstić information content (AvgIpc) is 3.02. The van der Waals surface area contributed by atoms with Gasteiger partial charge in [0.25, 0.3) is 0 Å². The van der Waals surface area contributed by atoms with E-state index in [0.29, 0.717) is 26.2 Å². The van der Waals surface area contributed by atoms with Gasteiger partial charge < -0.3 is 15.0 Å². The summed E-state index contributed by atoms with van der Waals surface area (Å²) in [5.74, 6) is 0.450. The molecule has 3 rings (SSSR count). The predicted molar refractivity (Wildman–Crippen MR) is 104 cm³/mol. The van der Waals surface area contributed by atoms with Crippen LogP contribution in [0.15, 0.2) is 48.5 Å². The van der Waals surface area contributed by atoms with Crippen molar-refractivity contribution < 1.29 is 14.3 Å². The van der Waals surface area contributed by atoms with Crippen molar-refractivity contribution in [2.45, 2.75) is 26.8 Å². The van der Waals surface area contributed by atoms with Gasteiger partial charge in [-0.15, -0.1) is 0 Å². The third-order valence-electron chi connectivity index (χ3n) is 4.77. The first kappa shape index (κ1) is 19.0. The van der Waals surface area contributed by atoms with Crippen molar-refractivity contribution in [3.05, 3.63) is 65.2 Å². The van der Waals surface area contributed by atoms with Crippen LogP contribution in [0.5, 0.6) is 5.75 Å². The lowest BCUT2D eigenvalue weighted by Gasteiger charge is -2.17. The molecule has 0 spiro atoms. The first-order chi connectivity index (χ1) is 13.0. The van der Waals surface area contributed by atoms with Crippen LogP contribution in [-0.2, 0) is 16.1 Å². The maximum absolute atomic E-state index is 12.3. The zero-order valence-corrected chi connectivity index (χ0v) is 15.9. The summed E-state index contributed by atoms with van der Waals surface area (Å²) < 4.78 is 5.61. The summed E-state index contributed by atoms with van der Waals surface area (Å²) in [7, 11) is 0. The van der Waals surface area contributed by atoms with Crippen LogP contribution < -0.4 is 10.1 Å². The van der Waals surface area contributed by atoms with E-state index in [1.165, 1.54) is 11.1 Å². The minimum Gasteiger partial charge on any atom is -0.492 e. The van der Waals surface area contributed by atoms with Crippen molar-refractivity contribution in [3.8, 4) is 5.75 Å². The molecule has 0 radical (unpaired) electrons. The van der Waals surface area contributed by atoms with Gasteiger partial charge in [-0.2, -0.15) is 0 Å². The van der Waals surface area contributed by atoms with Crippen LogP contribution in [0.25, 0.3) is 0 Å². The third-order valence-corrected chi connectivity index (χ3v) is 4.77. The number of hydrogen-bond donors (Lipinski definition) is 1. The molecule has 27 heavy (non-hydrogen) atoms. The van der Waals surface area contributed by atoms with Gasteiger partial charge in [0, 0.05) is 19.5 Å². The summed E-state index contributed by atoms with van der Waals surface area (Å²) >= 11 is 0. The number of ether oxygens (including phenoxy) is 1. The van der Waals surface area contributed by atoms with Gasteiger partial charge in [0.2, 0.25) is 11.8 Å². The quantitative estimate of drug-likeness (QED) is 0.767. The molecule has 5 nitrogen and oxygen atoms in total. The van der Waals surface area contributed by atoms with Crippen LogP contribution in [0, 0.1) is 19.8 Å². The largest absolute Gasteiger partial charge is 0.492 e. The van der Waals surface area contributed by atoms with E-state index in [9.17, 15) is 9.59 Å². The molecule has 2 amide bonds. The summed E-state index contributed by atoms with van der Waals surface area (Å²) in [6, 6.07) is 15.9. The highest BCUT2D eigenvalue weighted by Gasteiger charge is 2.33. The predicted octanol–water partition coefficient (Wildman–Crippen LogP) is 2.85. The maximum Gasteiger partial charge on any atom is 0.225 e. The second kappa shape index (κ2) is 8.71. The Balaban J connectivity index is 1.41. The van der Waals surface area contributed by atoms with Crippen molar-refractivity contribution in [3.63, 3.8) is 0 Å². The minimum absolute atomic E-state index is 0.0339. The smallest absolute Gasteiger partial charge is 0.225 e. The highest BCUT2D eigenvalue weighted by Crippen LogP contribution is 2.20. The Morgan fingerprint density at radius 3 is 2.37 bits per heavy atom. The molecule has 0 aromatic heterocycles. The lowest BCUT2D eigenvalue weighted by atomic mass is 10.1. The molecule has 1 N–H and O–H groups in total. The molecule has 2 aromatic rings. The first-order valence-electron chi connectivity index (χ1n) is 9.32. The Kier molecular flexibility index (Phi) is 6.12. The molecule has 0 aliphatic carbocycles. The van der Waals surface area contributed by atoms with E-state index in [4.69, 9.17) is 4.74 Å². The first-order valence-corrected chi connectivity index (χ1v) is 9.32. The summed E-state index contributed by atoms with van der Waals surface area (Å²) in [5, 5.41) is 2.88. The molecule has 142 valence electrons. The van der Waals surface area contributed by atoms with E-state index in [1.54, 1.807) is 4.90 Å². The van der Waals surface area contributed by atoms with Crippen molar-refractivity contribution in [1.82, 2.24) is 10.2 Å². The maximum atomic E-state index is 12.3. The lowest BCUT2D eigenvalue weighted by molar-refractivity contribution is -0.129. The second-order valence-electron chi connectivity index (χ2n) is 7.11. The molecule has 1 fully saturated rings. The van der Waals surface area contributed by atoms with Gasteiger partial charge in [-0.05, 0) is 31.5 Å². The van der Waals surface area contributed by atoms with Gasteiger partial charge in [-0.3, -0.25) is 9.59 Å². The highest BCUT2D eigenvalue weighted by atomic mass is 16.5. The van der Waals surface area contributed by atoms with Crippen LogP contribution in [0.2, 0.25) is 0 Å². The fourth-order valence-corrected chi connectivity index (χ4v) is 3.14. The van der Waals surface area contributed by atoms with E-state index in [-0.39, 0.29) is 24.2 Å². The number of rotatable bonds is 7. The summed E-state index contributed by atoms with van der Waals surface area (Å²) in [5.41, 5.74) is 3.45. The molecule has 2 aromatic carbocycles. The molecule has 1 unspecified atom stereocenters. The Bertz CT molecular complexity index is 784. The number of likely N-dealkylation sites (tertiary alicyclic amines) is 1. The number of nitrogens with one attached hydrogen (secondary N) is 1. The van der Waals surface area contributed by atoms with Crippen LogP contribution in [0.4, 0.5) is 0 Å².